The predicted octanol–water partition coefficient (Wildman–Crippen LogP) is 7.68. The van der Waals surface area contributed by atoms with Crippen LogP contribution in [0.5, 0.6) is 0 Å². The van der Waals surface area contributed by atoms with Crippen LogP contribution in [0.4, 0.5) is 19.3 Å². The molecular weight excluding hydrogens is 542 g/mol. The summed E-state index contributed by atoms with van der Waals surface area (Å²) in [7, 11) is -2.35. The molecule has 1 unspecified atom stereocenters. The van der Waals surface area contributed by atoms with Gasteiger partial charge in [-0.05, 0) is 53.9 Å². The van der Waals surface area contributed by atoms with Gasteiger partial charge in [0, 0.05) is 5.69 Å². The van der Waals surface area contributed by atoms with Gasteiger partial charge in [0.25, 0.3) is 12.0 Å². The zero-order valence-corrected chi connectivity index (χ0v) is 25.1. The first-order valence-electron chi connectivity index (χ1n) is 13.1. The van der Waals surface area contributed by atoms with Crippen LogP contribution in [0.25, 0.3) is 16.6 Å². The van der Waals surface area contributed by atoms with Crippen molar-refractivity contribution >= 4 is 42.5 Å². The SMILES string of the molecule is CC(O[Si](C(C)C)(C(C)C)C(C)C)c1nc2cccc(Cl)c2c(=O)n1-c1cccc(NC(=O)NCC(F)F)c1. The summed E-state index contributed by atoms with van der Waals surface area (Å²) in [6.45, 7) is 14.3. The highest BCUT2D eigenvalue weighted by molar-refractivity contribution is 6.77. The van der Waals surface area contributed by atoms with E-state index in [0.29, 0.717) is 39.3 Å². The van der Waals surface area contributed by atoms with Gasteiger partial charge in [-0.25, -0.2) is 18.6 Å². The van der Waals surface area contributed by atoms with E-state index in [0.717, 1.165) is 0 Å². The summed E-state index contributed by atoms with van der Waals surface area (Å²) in [5, 5.41) is 5.18. The number of carbonyl (C=O) groups is 1. The second-order valence-electron chi connectivity index (χ2n) is 10.6. The second kappa shape index (κ2) is 12.6. The van der Waals surface area contributed by atoms with E-state index in [4.69, 9.17) is 21.0 Å². The number of alkyl halides is 2. The predicted molar refractivity (Wildman–Crippen MR) is 156 cm³/mol. The van der Waals surface area contributed by atoms with Crippen molar-refractivity contribution < 1.29 is 18.0 Å². The largest absolute Gasteiger partial charge is 0.406 e. The highest BCUT2D eigenvalue weighted by atomic mass is 35.5. The minimum absolute atomic E-state index is 0.267. The molecule has 0 aliphatic rings. The zero-order chi connectivity index (χ0) is 29.1. The molecule has 0 bridgehead atoms. The second-order valence-corrected chi connectivity index (χ2v) is 16.4. The molecular formula is C28H37ClF2N4O3Si. The van der Waals surface area contributed by atoms with E-state index >= 15 is 0 Å². The first-order valence-corrected chi connectivity index (χ1v) is 15.6. The van der Waals surface area contributed by atoms with Crippen LogP contribution in [0.3, 0.4) is 0 Å². The van der Waals surface area contributed by atoms with Crippen molar-refractivity contribution in [2.45, 2.75) is 77.6 Å². The summed E-state index contributed by atoms with van der Waals surface area (Å²) >= 11 is 6.44. The third kappa shape index (κ3) is 6.50. The number of urea groups is 1. The lowest BCUT2D eigenvalue weighted by molar-refractivity contribution is 0.148. The molecule has 212 valence electrons. The fourth-order valence-electron chi connectivity index (χ4n) is 5.56. The van der Waals surface area contributed by atoms with E-state index in [9.17, 15) is 18.4 Å². The van der Waals surface area contributed by atoms with Gasteiger partial charge in [-0.15, -0.1) is 0 Å². The molecule has 1 heterocycles. The summed E-state index contributed by atoms with van der Waals surface area (Å²) < 4.78 is 33.5. The highest BCUT2D eigenvalue weighted by Gasteiger charge is 2.46. The van der Waals surface area contributed by atoms with Crippen molar-refractivity contribution in [1.29, 1.82) is 0 Å². The Morgan fingerprint density at radius 2 is 1.64 bits per heavy atom. The van der Waals surface area contributed by atoms with Gasteiger partial charge in [0.05, 0.1) is 28.2 Å². The van der Waals surface area contributed by atoms with Crippen LogP contribution >= 0.6 is 11.6 Å². The summed E-state index contributed by atoms with van der Waals surface area (Å²) in [6, 6.07) is 10.9. The van der Waals surface area contributed by atoms with Crippen molar-refractivity contribution in [2.24, 2.45) is 0 Å². The van der Waals surface area contributed by atoms with Gasteiger partial charge >= 0.3 is 6.03 Å². The normalized spacial score (nSPS) is 13.1. The number of aromatic nitrogens is 2. The lowest BCUT2D eigenvalue weighted by atomic mass is 10.2. The maximum Gasteiger partial charge on any atom is 0.319 e. The van der Waals surface area contributed by atoms with Crippen molar-refractivity contribution in [3.05, 3.63) is 63.7 Å². The number of fused-ring (bicyclic) bond motifs is 1. The number of amides is 2. The lowest BCUT2D eigenvalue weighted by Crippen LogP contribution is -2.48. The Balaban J connectivity index is 2.18. The molecule has 0 aliphatic carbocycles. The number of carbonyl (C=O) groups excluding carboxylic acids is 1. The topological polar surface area (TPSA) is 85.2 Å². The molecule has 2 N–H and O–H groups in total. The van der Waals surface area contributed by atoms with Gasteiger partial charge in [-0.1, -0.05) is 65.3 Å². The number of nitrogens with one attached hydrogen (secondary N) is 2. The molecule has 3 aromatic rings. The number of hydrogen-bond donors (Lipinski definition) is 2. The van der Waals surface area contributed by atoms with E-state index in [1.807, 2.05) is 6.92 Å². The van der Waals surface area contributed by atoms with Crippen LogP contribution < -0.4 is 16.2 Å². The average Bonchev–Trinajstić information content (AvgIpc) is 2.85. The number of hydrogen-bond acceptors (Lipinski definition) is 4. The molecule has 39 heavy (non-hydrogen) atoms. The average molecular weight is 579 g/mol. The Kier molecular flexibility index (Phi) is 9.90. The van der Waals surface area contributed by atoms with Crippen LogP contribution in [0.15, 0.2) is 47.3 Å². The zero-order valence-electron chi connectivity index (χ0n) is 23.4. The Morgan fingerprint density at radius 1 is 1.03 bits per heavy atom. The fourth-order valence-corrected chi connectivity index (χ4v) is 11.3. The first kappa shape index (κ1) is 30.7. The van der Waals surface area contributed by atoms with E-state index in [2.05, 4.69) is 52.2 Å². The quantitative estimate of drug-likeness (QED) is 0.242. The van der Waals surface area contributed by atoms with E-state index in [1.165, 1.54) is 4.57 Å². The third-order valence-corrected chi connectivity index (χ3v) is 13.6. The summed E-state index contributed by atoms with van der Waals surface area (Å²) in [4.78, 5) is 30.9. The van der Waals surface area contributed by atoms with Gasteiger partial charge < -0.3 is 15.1 Å². The van der Waals surface area contributed by atoms with Gasteiger partial charge in [0.1, 0.15) is 11.9 Å². The van der Waals surface area contributed by atoms with Gasteiger partial charge in [0.2, 0.25) is 8.32 Å². The third-order valence-electron chi connectivity index (χ3n) is 7.10. The van der Waals surface area contributed by atoms with Crippen LogP contribution in [0, 0.1) is 0 Å². The van der Waals surface area contributed by atoms with Crippen molar-refractivity contribution in [1.82, 2.24) is 14.9 Å². The Morgan fingerprint density at radius 3 is 2.23 bits per heavy atom. The number of anilines is 1. The highest BCUT2D eigenvalue weighted by Crippen LogP contribution is 2.45. The smallest absolute Gasteiger partial charge is 0.319 e. The van der Waals surface area contributed by atoms with Crippen LogP contribution in [0.1, 0.15) is 60.4 Å². The minimum atomic E-state index is -2.67. The maximum atomic E-state index is 14.0. The molecule has 0 spiro atoms. The van der Waals surface area contributed by atoms with Crippen molar-refractivity contribution in [3.63, 3.8) is 0 Å². The molecule has 0 saturated carbocycles. The lowest BCUT2D eigenvalue weighted by Gasteiger charge is -2.44. The van der Waals surface area contributed by atoms with E-state index in [-0.39, 0.29) is 16.0 Å². The van der Waals surface area contributed by atoms with Gasteiger partial charge in [0.15, 0.2) is 0 Å². The Labute approximate surface area is 234 Å². The molecule has 2 amide bonds. The number of rotatable bonds is 10. The van der Waals surface area contributed by atoms with Gasteiger partial charge in [-0.2, -0.15) is 0 Å². The molecule has 7 nitrogen and oxygen atoms in total. The van der Waals surface area contributed by atoms with Crippen molar-refractivity contribution in [3.8, 4) is 5.69 Å². The maximum absolute atomic E-state index is 14.0. The number of halogens is 3. The van der Waals surface area contributed by atoms with Crippen molar-refractivity contribution in [2.75, 3.05) is 11.9 Å². The molecule has 0 radical (unpaired) electrons. The van der Waals surface area contributed by atoms with Gasteiger partial charge in [-0.3, -0.25) is 9.36 Å². The molecule has 2 aromatic carbocycles. The Bertz CT molecular complexity index is 1360. The molecule has 1 aromatic heterocycles. The van der Waals surface area contributed by atoms with Crippen LogP contribution in [-0.2, 0) is 4.43 Å². The fraction of sp³-hybridized carbons (Fsp3) is 0.464. The first-order chi connectivity index (χ1) is 18.3. The monoisotopic (exact) mass is 578 g/mol. The van der Waals surface area contributed by atoms with Crippen LogP contribution in [-0.4, -0.2) is 36.9 Å². The van der Waals surface area contributed by atoms with Crippen LogP contribution in [0.2, 0.25) is 21.6 Å². The molecule has 3 rings (SSSR count). The minimum Gasteiger partial charge on any atom is -0.406 e. The van der Waals surface area contributed by atoms with E-state index < -0.39 is 33.4 Å². The standard InChI is InChI=1S/C28H37ClF2N4O3Si/c1-16(2)39(17(3)4,18(5)6)38-19(7)26-34-23-13-9-12-22(29)25(23)27(36)35(26)21-11-8-10-20(14-21)33-28(37)32-15-24(30)31/h8-14,16-19,24H,15H2,1-7H3,(H2,32,33,37). The summed E-state index contributed by atoms with van der Waals surface area (Å²) in [5.41, 5.74) is 1.78. The number of benzene rings is 2. The molecule has 0 fully saturated rings. The number of nitrogens with zero attached hydrogens (tertiary/aromatic N) is 2. The molecule has 1 atom stereocenters. The summed E-state index contributed by atoms with van der Waals surface area (Å²) in [6.07, 6.45) is -3.21. The summed E-state index contributed by atoms with van der Waals surface area (Å²) in [5.74, 6) is 0.410. The Hall–Kier alpha value is -2.82. The van der Waals surface area contributed by atoms with E-state index in [1.54, 1.807) is 42.5 Å². The molecule has 0 saturated heterocycles. The molecule has 0 aliphatic heterocycles. The molecule has 11 heteroatoms.